The molecular weight excluding hydrogens is 404 g/mol. The zero-order chi connectivity index (χ0) is 21.5. The van der Waals surface area contributed by atoms with Crippen LogP contribution in [0.4, 0.5) is 0 Å². The van der Waals surface area contributed by atoms with Gasteiger partial charge in [0.05, 0.1) is 19.1 Å². The number of nitrogens with one attached hydrogen (secondary N) is 1. The van der Waals surface area contributed by atoms with Gasteiger partial charge in [-0.3, -0.25) is 0 Å². The van der Waals surface area contributed by atoms with Crippen molar-refractivity contribution in [3.63, 3.8) is 0 Å². The van der Waals surface area contributed by atoms with Crippen LogP contribution in [0.1, 0.15) is 10.6 Å². The molecule has 3 aromatic carbocycles. The molecule has 0 aliphatic carbocycles. The molecule has 1 heterocycles. The van der Waals surface area contributed by atoms with E-state index in [4.69, 9.17) is 9.47 Å². The van der Waals surface area contributed by atoms with Gasteiger partial charge in [-0.2, -0.15) is 0 Å². The molecule has 0 radical (unpaired) electrons. The van der Waals surface area contributed by atoms with Gasteiger partial charge in [-0.05, 0) is 47.4 Å². The second-order valence-corrected chi connectivity index (χ2v) is 8.29. The molecular formula is C26H26N2O2S. The van der Waals surface area contributed by atoms with Gasteiger partial charge in [0.25, 0.3) is 0 Å². The molecule has 0 aliphatic rings. The van der Waals surface area contributed by atoms with Crippen molar-refractivity contribution in [3.8, 4) is 33.1 Å². The second-order valence-electron chi connectivity index (χ2n) is 7.18. The monoisotopic (exact) mass is 430 g/mol. The lowest BCUT2D eigenvalue weighted by Crippen LogP contribution is -2.16. The van der Waals surface area contributed by atoms with Crippen LogP contribution in [0, 0.1) is 0 Å². The summed E-state index contributed by atoms with van der Waals surface area (Å²) in [6.07, 6.45) is 2.88. The first-order valence-electron chi connectivity index (χ1n) is 10.3. The lowest BCUT2D eigenvalue weighted by Gasteiger charge is -2.09. The van der Waals surface area contributed by atoms with E-state index >= 15 is 0 Å². The van der Waals surface area contributed by atoms with Crippen molar-refractivity contribution in [3.05, 3.63) is 89.6 Å². The third-order valence-corrected chi connectivity index (χ3v) is 6.19. The van der Waals surface area contributed by atoms with E-state index in [9.17, 15) is 0 Å². The number of hydrogen-bond acceptors (Lipinski definition) is 5. The molecule has 0 atom stereocenters. The average Bonchev–Trinajstić information content (AvgIpc) is 3.31. The summed E-state index contributed by atoms with van der Waals surface area (Å²) >= 11 is 1.73. The number of nitrogens with zero attached hydrogens (tertiary/aromatic N) is 1. The predicted molar refractivity (Wildman–Crippen MR) is 128 cm³/mol. The smallest absolute Gasteiger partial charge is 0.160 e. The van der Waals surface area contributed by atoms with Crippen LogP contribution in [0.25, 0.3) is 21.6 Å². The quantitative estimate of drug-likeness (QED) is 0.340. The van der Waals surface area contributed by atoms with E-state index in [1.807, 2.05) is 24.4 Å². The van der Waals surface area contributed by atoms with E-state index in [1.54, 1.807) is 25.6 Å². The Balaban J connectivity index is 1.30. The van der Waals surface area contributed by atoms with Crippen molar-refractivity contribution in [2.75, 3.05) is 20.8 Å². The highest BCUT2D eigenvalue weighted by atomic mass is 32.1. The van der Waals surface area contributed by atoms with Crippen molar-refractivity contribution >= 4 is 11.3 Å². The Bertz CT molecular complexity index is 1110. The summed E-state index contributed by atoms with van der Waals surface area (Å²) in [5.41, 5.74) is 4.88. The molecule has 0 spiro atoms. The molecule has 1 N–H and O–H groups in total. The van der Waals surface area contributed by atoms with E-state index in [-0.39, 0.29) is 0 Å². The van der Waals surface area contributed by atoms with Crippen LogP contribution in [-0.4, -0.2) is 25.7 Å². The van der Waals surface area contributed by atoms with Crippen LogP contribution in [0.15, 0.2) is 79.0 Å². The molecule has 0 fully saturated rings. The number of thiazole rings is 1. The Kier molecular flexibility index (Phi) is 6.97. The molecule has 4 aromatic rings. The zero-order valence-electron chi connectivity index (χ0n) is 17.8. The van der Waals surface area contributed by atoms with Crippen molar-refractivity contribution < 1.29 is 9.47 Å². The third-order valence-electron chi connectivity index (χ3n) is 5.14. The summed E-state index contributed by atoms with van der Waals surface area (Å²) < 4.78 is 10.7. The first-order chi connectivity index (χ1) is 15.3. The van der Waals surface area contributed by atoms with Crippen LogP contribution >= 0.6 is 11.3 Å². The van der Waals surface area contributed by atoms with E-state index in [0.29, 0.717) is 0 Å². The van der Waals surface area contributed by atoms with Gasteiger partial charge in [-0.1, -0.05) is 60.7 Å². The van der Waals surface area contributed by atoms with Gasteiger partial charge < -0.3 is 14.8 Å². The first kappa shape index (κ1) is 21.1. The number of aromatic nitrogens is 1. The van der Waals surface area contributed by atoms with Crippen LogP contribution in [0.5, 0.6) is 11.5 Å². The Morgan fingerprint density at radius 3 is 2.26 bits per heavy atom. The summed E-state index contributed by atoms with van der Waals surface area (Å²) in [7, 11) is 3.31. The molecule has 0 amide bonds. The van der Waals surface area contributed by atoms with Crippen LogP contribution in [0.2, 0.25) is 0 Å². The van der Waals surface area contributed by atoms with Gasteiger partial charge in [0, 0.05) is 12.7 Å². The molecule has 4 rings (SSSR count). The number of methoxy groups -OCH3 is 2. The normalized spacial score (nSPS) is 10.8. The second kappa shape index (κ2) is 10.2. The van der Waals surface area contributed by atoms with Gasteiger partial charge in [0.2, 0.25) is 0 Å². The first-order valence-corrected chi connectivity index (χ1v) is 11.1. The van der Waals surface area contributed by atoms with Crippen molar-refractivity contribution in [1.29, 1.82) is 0 Å². The molecule has 0 saturated carbocycles. The summed E-state index contributed by atoms with van der Waals surface area (Å²) in [6.45, 7) is 1.64. The minimum atomic E-state index is 0.756. The summed E-state index contributed by atoms with van der Waals surface area (Å²) in [4.78, 5) is 5.78. The number of rotatable bonds is 9. The number of hydrogen-bond donors (Lipinski definition) is 1. The van der Waals surface area contributed by atoms with Crippen molar-refractivity contribution in [2.24, 2.45) is 0 Å². The minimum Gasteiger partial charge on any atom is -0.493 e. The zero-order valence-corrected chi connectivity index (χ0v) is 18.6. The Morgan fingerprint density at radius 1 is 0.806 bits per heavy atom. The molecule has 4 nitrogen and oxygen atoms in total. The van der Waals surface area contributed by atoms with Gasteiger partial charge in [-0.25, -0.2) is 4.98 Å². The van der Waals surface area contributed by atoms with Crippen LogP contribution in [-0.2, 0) is 13.0 Å². The van der Waals surface area contributed by atoms with Gasteiger partial charge in [0.1, 0.15) is 5.01 Å². The molecule has 0 unspecified atom stereocenters. The Hall–Kier alpha value is -3.15. The number of benzene rings is 3. The fourth-order valence-corrected chi connectivity index (χ4v) is 4.34. The summed E-state index contributed by atoms with van der Waals surface area (Å²) in [5, 5.41) is 4.58. The van der Waals surface area contributed by atoms with Crippen molar-refractivity contribution in [1.82, 2.24) is 10.3 Å². The summed E-state index contributed by atoms with van der Waals surface area (Å²) in [6, 6.07) is 25.2. The highest BCUT2D eigenvalue weighted by molar-refractivity contribution is 7.15. The van der Waals surface area contributed by atoms with Crippen LogP contribution < -0.4 is 14.8 Å². The van der Waals surface area contributed by atoms with Gasteiger partial charge >= 0.3 is 0 Å². The fraction of sp³-hybridized carbons (Fsp3) is 0.192. The van der Waals surface area contributed by atoms with Gasteiger partial charge in [-0.15, -0.1) is 11.3 Å². The molecule has 31 heavy (non-hydrogen) atoms. The Labute approximate surface area is 187 Å². The lowest BCUT2D eigenvalue weighted by molar-refractivity contribution is 0.354. The summed E-state index contributed by atoms with van der Waals surface area (Å²) in [5.74, 6) is 1.52. The molecule has 0 aliphatic heterocycles. The maximum atomic E-state index is 5.38. The Morgan fingerprint density at radius 2 is 1.52 bits per heavy atom. The standard InChI is InChI=1S/C26H26N2O2S/c1-29-23-13-8-19(16-24(23)30-2)14-15-27-18-26-28-17-25(31-26)22-11-9-21(10-12-22)20-6-4-3-5-7-20/h3-13,16-17,27H,14-15,18H2,1-2H3. The molecule has 0 saturated heterocycles. The minimum absolute atomic E-state index is 0.756. The topological polar surface area (TPSA) is 43.4 Å². The lowest BCUT2D eigenvalue weighted by atomic mass is 10.0. The van der Waals surface area contributed by atoms with E-state index in [0.717, 1.165) is 36.0 Å². The van der Waals surface area contributed by atoms with E-state index in [1.165, 1.54) is 27.1 Å². The molecule has 5 heteroatoms. The maximum Gasteiger partial charge on any atom is 0.160 e. The average molecular weight is 431 g/mol. The third kappa shape index (κ3) is 5.32. The van der Waals surface area contributed by atoms with E-state index < -0.39 is 0 Å². The fourth-order valence-electron chi connectivity index (χ4n) is 3.45. The number of ether oxygens (including phenoxy) is 2. The van der Waals surface area contributed by atoms with Crippen LogP contribution in [0.3, 0.4) is 0 Å². The predicted octanol–water partition coefficient (Wildman–Crippen LogP) is 5.83. The molecule has 1 aromatic heterocycles. The SMILES string of the molecule is COc1ccc(CCNCc2ncc(-c3ccc(-c4ccccc4)cc3)s2)cc1OC. The largest absolute Gasteiger partial charge is 0.493 e. The van der Waals surface area contributed by atoms with Crippen molar-refractivity contribution in [2.45, 2.75) is 13.0 Å². The highest BCUT2D eigenvalue weighted by Gasteiger charge is 2.07. The maximum absolute atomic E-state index is 5.38. The molecule has 0 bridgehead atoms. The highest BCUT2D eigenvalue weighted by Crippen LogP contribution is 2.29. The van der Waals surface area contributed by atoms with Gasteiger partial charge in [0.15, 0.2) is 11.5 Å². The van der Waals surface area contributed by atoms with E-state index in [2.05, 4.69) is 64.9 Å². The molecule has 158 valence electrons.